The van der Waals surface area contributed by atoms with Crippen molar-refractivity contribution in [2.24, 2.45) is 0 Å². The zero-order valence-electron chi connectivity index (χ0n) is 10.1. The van der Waals surface area contributed by atoms with Crippen molar-refractivity contribution < 1.29 is 17.6 Å². The van der Waals surface area contributed by atoms with Gasteiger partial charge in [-0.15, -0.1) is 0 Å². The first-order valence-electron chi connectivity index (χ1n) is 5.40. The van der Waals surface area contributed by atoms with E-state index in [0.29, 0.717) is 22.6 Å². The summed E-state index contributed by atoms with van der Waals surface area (Å²) in [4.78, 5) is 7.91. The van der Waals surface area contributed by atoms with Crippen molar-refractivity contribution in [3.63, 3.8) is 0 Å². The lowest BCUT2D eigenvalue weighted by molar-refractivity contribution is -0.137. The Morgan fingerprint density at radius 2 is 1.85 bits per heavy atom. The fourth-order valence-corrected chi connectivity index (χ4v) is 2.00. The van der Waals surface area contributed by atoms with Gasteiger partial charge in [0.1, 0.15) is 22.1 Å². The third-order valence-corrected chi connectivity index (χ3v) is 2.77. The Balaban J connectivity index is 2.37. The summed E-state index contributed by atoms with van der Waals surface area (Å²) in [6, 6.07) is 3.57. The topological polar surface area (TPSA) is 37.8 Å². The van der Waals surface area contributed by atoms with Crippen LogP contribution < -0.4 is 5.32 Å². The van der Waals surface area contributed by atoms with Gasteiger partial charge in [0.05, 0.1) is 11.3 Å². The van der Waals surface area contributed by atoms with Crippen molar-refractivity contribution in [3.05, 3.63) is 46.1 Å². The van der Waals surface area contributed by atoms with Crippen LogP contribution in [0.25, 0.3) is 0 Å². The molecule has 0 spiro atoms. The molecule has 0 fully saturated rings. The van der Waals surface area contributed by atoms with Crippen molar-refractivity contribution in [2.45, 2.75) is 13.1 Å². The summed E-state index contributed by atoms with van der Waals surface area (Å²) in [5.74, 6) is -0.206. The second kappa shape index (κ2) is 5.35. The number of alkyl halides is 3. The summed E-state index contributed by atoms with van der Waals surface area (Å²) < 4.78 is 51.8. The minimum absolute atomic E-state index is 0.197. The summed E-state index contributed by atoms with van der Waals surface area (Å²) in [7, 11) is 0. The van der Waals surface area contributed by atoms with E-state index < -0.39 is 17.6 Å². The summed E-state index contributed by atoms with van der Waals surface area (Å²) in [5.41, 5.74) is -1.24. The van der Waals surface area contributed by atoms with E-state index in [1.54, 1.807) is 6.92 Å². The zero-order chi connectivity index (χ0) is 14.9. The van der Waals surface area contributed by atoms with Crippen LogP contribution in [0.1, 0.15) is 11.4 Å². The Morgan fingerprint density at radius 1 is 1.15 bits per heavy atom. The third kappa shape index (κ3) is 3.44. The Bertz CT molecular complexity index is 623. The van der Waals surface area contributed by atoms with Gasteiger partial charge in [0.25, 0.3) is 0 Å². The van der Waals surface area contributed by atoms with E-state index in [1.807, 2.05) is 0 Å². The maximum atomic E-state index is 13.6. The van der Waals surface area contributed by atoms with Crippen LogP contribution in [0, 0.1) is 12.7 Å². The largest absolute Gasteiger partial charge is 0.416 e. The van der Waals surface area contributed by atoms with Crippen molar-refractivity contribution in [2.75, 3.05) is 5.32 Å². The Labute approximate surface area is 120 Å². The van der Waals surface area contributed by atoms with Gasteiger partial charge >= 0.3 is 6.18 Å². The van der Waals surface area contributed by atoms with Gasteiger partial charge in [-0.25, -0.2) is 14.4 Å². The van der Waals surface area contributed by atoms with Gasteiger partial charge in [-0.05, 0) is 41.1 Å². The van der Waals surface area contributed by atoms with E-state index in [1.165, 1.54) is 6.07 Å². The number of hydrogen-bond acceptors (Lipinski definition) is 3. The van der Waals surface area contributed by atoms with E-state index in [2.05, 4.69) is 31.2 Å². The van der Waals surface area contributed by atoms with E-state index in [9.17, 15) is 17.6 Å². The number of anilines is 2. The number of hydrogen-bond donors (Lipinski definition) is 1. The van der Waals surface area contributed by atoms with Crippen molar-refractivity contribution >= 4 is 27.4 Å². The third-order valence-electron chi connectivity index (χ3n) is 2.36. The molecule has 0 atom stereocenters. The quantitative estimate of drug-likeness (QED) is 0.642. The molecular formula is C12H8BrF4N3. The minimum Gasteiger partial charge on any atom is -0.338 e. The van der Waals surface area contributed by atoms with E-state index in [-0.39, 0.29) is 11.5 Å². The summed E-state index contributed by atoms with van der Waals surface area (Å²) in [5, 5.41) is 2.51. The first-order chi connectivity index (χ1) is 9.25. The zero-order valence-corrected chi connectivity index (χ0v) is 11.7. The van der Waals surface area contributed by atoms with Crippen LogP contribution in [0.4, 0.5) is 29.1 Å². The molecule has 106 valence electrons. The van der Waals surface area contributed by atoms with Crippen LogP contribution in [0.3, 0.4) is 0 Å². The first-order valence-corrected chi connectivity index (χ1v) is 6.20. The van der Waals surface area contributed by atoms with E-state index in [0.717, 1.165) is 6.07 Å². The van der Waals surface area contributed by atoms with Crippen LogP contribution in [0.5, 0.6) is 0 Å². The Kier molecular flexibility index (Phi) is 3.94. The monoisotopic (exact) mass is 349 g/mol. The normalized spacial score (nSPS) is 11.5. The standard InChI is InChI=1S/C12H8BrF4N3/c1-6-18-10(13)5-11(19-6)20-9-4-7(12(15,16)17)2-3-8(9)14/h2-5H,1H3,(H,18,19,20). The van der Waals surface area contributed by atoms with Gasteiger partial charge in [0, 0.05) is 6.07 Å². The highest BCUT2D eigenvalue weighted by Crippen LogP contribution is 2.32. The molecule has 0 radical (unpaired) electrons. The molecule has 0 unspecified atom stereocenters. The molecule has 0 aliphatic heterocycles. The van der Waals surface area contributed by atoms with E-state index >= 15 is 0 Å². The lowest BCUT2D eigenvalue weighted by atomic mass is 10.2. The molecular weight excluding hydrogens is 342 g/mol. The number of aryl methyl sites for hydroxylation is 1. The first kappa shape index (κ1) is 14.7. The highest BCUT2D eigenvalue weighted by molar-refractivity contribution is 9.10. The van der Waals surface area contributed by atoms with E-state index in [4.69, 9.17) is 0 Å². The maximum Gasteiger partial charge on any atom is 0.416 e. The number of halogens is 5. The molecule has 0 amide bonds. The van der Waals surface area contributed by atoms with Crippen molar-refractivity contribution in [1.82, 2.24) is 9.97 Å². The van der Waals surface area contributed by atoms with Crippen molar-refractivity contribution in [3.8, 4) is 0 Å². The highest BCUT2D eigenvalue weighted by atomic mass is 79.9. The average Bonchev–Trinajstić information content (AvgIpc) is 2.29. The summed E-state index contributed by atoms with van der Waals surface area (Å²) in [6.07, 6.45) is -4.54. The second-order valence-corrected chi connectivity index (χ2v) is 4.75. The summed E-state index contributed by atoms with van der Waals surface area (Å²) in [6.45, 7) is 1.61. The minimum atomic E-state index is -4.54. The molecule has 3 nitrogen and oxygen atoms in total. The van der Waals surface area contributed by atoms with Crippen LogP contribution in [0.15, 0.2) is 28.9 Å². The molecule has 1 heterocycles. The number of nitrogens with zero attached hydrogens (tertiary/aromatic N) is 2. The molecule has 0 saturated carbocycles. The SMILES string of the molecule is Cc1nc(Br)cc(Nc2cc(C(F)(F)F)ccc2F)n1. The number of aromatic nitrogens is 2. The Morgan fingerprint density at radius 3 is 2.45 bits per heavy atom. The van der Waals surface area contributed by atoms with Gasteiger partial charge in [-0.2, -0.15) is 13.2 Å². The molecule has 0 saturated heterocycles. The highest BCUT2D eigenvalue weighted by Gasteiger charge is 2.31. The van der Waals surface area contributed by atoms with Gasteiger partial charge in [-0.3, -0.25) is 0 Å². The smallest absolute Gasteiger partial charge is 0.338 e. The lowest BCUT2D eigenvalue weighted by Gasteiger charge is -2.11. The van der Waals surface area contributed by atoms with Crippen LogP contribution in [0.2, 0.25) is 0 Å². The molecule has 0 aliphatic carbocycles. The molecule has 1 aromatic heterocycles. The Hall–Kier alpha value is -1.70. The molecule has 0 bridgehead atoms. The van der Waals surface area contributed by atoms with Crippen LogP contribution in [-0.4, -0.2) is 9.97 Å². The molecule has 2 rings (SSSR count). The van der Waals surface area contributed by atoms with Gasteiger partial charge in [-0.1, -0.05) is 0 Å². The maximum absolute atomic E-state index is 13.6. The summed E-state index contributed by atoms with van der Waals surface area (Å²) >= 11 is 3.13. The molecule has 20 heavy (non-hydrogen) atoms. The fourth-order valence-electron chi connectivity index (χ4n) is 1.53. The molecule has 1 N–H and O–H groups in total. The molecule has 1 aromatic carbocycles. The predicted molar refractivity (Wildman–Crippen MR) is 69.2 cm³/mol. The predicted octanol–water partition coefficient (Wildman–Crippen LogP) is 4.45. The van der Waals surface area contributed by atoms with Crippen LogP contribution in [-0.2, 0) is 6.18 Å². The average molecular weight is 350 g/mol. The van der Waals surface area contributed by atoms with Gasteiger partial charge in [0.2, 0.25) is 0 Å². The number of rotatable bonds is 2. The molecule has 0 aliphatic rings. The number of benzene rings is 1. The number of nitrogens with one attached hydrogen (secondary N) is 1. The lowest BCUT2D eigenvalue weighted by Crippen LogP contribution is -2.07. The van der Waals surface area contributed by atoms with Gasteiger partial charge in [0.15, 0.2) is 0 Å². The van der Waals surface area contributed by atoms with Crippen molar-refractivity contribution in [1.29, 1.82) is 0 Å². The second-order valence-electron chi connectivity index (χ2n) is 3.94. The fraction of sp³-hybridized carbons (Fsp3) is 0.167. The van der Waals surface area contributed by atoms with Crippen LogP contribution >= 0.6 is 15.9 Å². The molecule has 8 heteroatoms. The molecule has 2 aromatic rings. The van der Waals surface area contributed by atoms with Gasteiger partial charge < -0.3 is 5.32 Å².